The van der Waals surface area contributed by atoms with Crippen LogP contribution in [0, 0.1) is 27.4 Å². The molecule has 0 radical (unpaired) electrons. The summed E-state index contributed by atoms with van der Waals surface area (Å²) < 4.78 is 0. The van der Waals surface area contributed by atoms with Gasteiger partial charge in [0.1, 0.15) is 17.3 Å². The third kappa shape index (κ3) is 2.16. The van der Waals surface area contributed by atoms with E-state index < -0.39 is 16.8 Å². The predicted octanol–water partition coefficient (Wildman–Crippen LogP) is 1.77. The SMILES string of the molecule is CC1C(C(=O)O)CCN1c1cccc(C#N)c1[N+](=O)[O-]. The zero-order chi connectivity index (χ0) is 14.9. The average Bonchev–Trinajstić information content (AvgIpc) is 2.79. The maximum Gasteiger partial charge on any atom is 0.310 e. The molecule has 1 aromatic rings. The summed E-state index contributed by atoms with van der Waals surface area (Å²) in [5, 5.41) is 29.3. The molecular weight excluding hydrogens is 262 g/mol. The van der Waals surface area contributed by atoms with Gasteiger partial charge in [-0.3, -0.25) is 14.9 Å². The molecule has 1 heterocycles. The lowest BCUT2D eigenvalue weighted by Gasteiger charge is -2.25. The first-order chi connectivity index (χ1) is 9.47. The highest BCUT2D eigenvalue weighted by Gasteiger charge is 2.38. The number of nitro benzene ring substituents is 1. The van der Waals surface area contributed by atoms with Crippen molar-refractivity contribution >= 4 is 17.3 Å². The summed E-state index contributed by atoms with van der Waals surface area (Å²) in [6.45, 7) is 2.16. The van der Waals surface area contributed by atoms with E-state index >= 15 is 0 Å². The van der Waals surface area contributed by atoms with Gasteiger partial charge in [0.05, 0.1) is 10.8 Å². The Labute approximate surface area is 115 Å². The van der Waals surface area contributed by atoms with Crippen LogP contribution in [0.3, 0.4) is 0 Å². The van der Waals surface area contributed by atoms with Crippen LogP contribution in [0.1, 0.15) is 18.9 Å². The Morgan fingerprint density at radius 3 is 2.80 bits per heavy atom. The molecule has 20 heavy (non-hydrogen) atoms. The van der Waals surface area contributed by atoms with Crippen molar-refractivity contribution in [1.29, 1.82) is 5.26 Å². The Kier molecular flexibility index (Phi) is 3.57. The smallest absolute Gasteiger partial charge is 0.310 e. The lowest BCUT2D eigenvalue weighted by molar-refractivity contribution is -0.384. The van der Waals surface area contributed by atoms with Crippen LogP contribution >= 0.6 is 0 Å². The van der Waals surface area contributed by atoms with Crippen molar-refractivity contribution < 1.29 is 14.8 Å². The molecule has 1 aromatic carbocycles. The standard InChI is InChI=1S/C13H13N3O4/c1-8-10(13(17)18)5-6-15(8)11-4-2-3-9(7-14)12(11)16(19)20/h2-4,8,10H,5-6H2,1H3,(H,17,18). The minimum absolute atomic E-state index is 0.0153. The summed E-state index contributed by atoms with van der Waals surface area (Å²) in [6, 6.07) is 5.97. The van der Waals surface area contributed by atoms with Crippen molar-refractivity contribution in [2.45, 2.75) is 19.4 Å². The highest BCUT2D eigenvalue weighted by molar-refractivity contribution is 5.76. The summed E-state index contributed by atoms with van der Waals surface area (Å²) in [5.41, 5.74) is 0.0386. The monoisotopic (exact) mass is 275 g/mol. The molecular formula is C13H13N3O4. The lowest BCUT2D eigenvalue weighted by Crippen LogP contribution is -2.33. The predicted molar refractivity (Wildman–Crippen MR) is 70.4 cm³/mol. The van der Waals surface area contributed by atoms with Crippen molar-refractivity contribution in [3.05, 3.63) is 33.9 Å². The minimum Gasteiger partial charge on any atom is -0.481 e. The summed E-state index contributed by atoms with van der Waals surface area (Å²) >= 11 is 0. The fourth-order valence-corrected chi connectivity index (χ4v) is 2.66. The number of anilines is 1. The van der Waals surface area contributed by atoms with Crippen LogP contribution in [-0.4, -0.2) is 28.6 Å². The van der Waals surface area contributed by atoms with Gasteiger partial charge in [-0.1, -0.05) is 6.07 Å². The summed E-state index contributed by atoms with van der Waals surface area (Å²) in [7, 11) is 0. The van der Waals surface area contributed by atoms with Crippen LogP contribution in [0.4, 0.5) is 11.4 Å². The Hall–Kier alpha value is -2.62. The van der Waals surface area contributed by atoms with E-state index in [-0.39, 0.29) is 17.3 Å². The van der Waals surface area contributed by atoms with Crippen LogP contribution in [0.25, 0.3) is 0 Å². The van der Waals surface area contributed by atoms with Gasteiger partial charge in [-0.05, 0) is 25.5 Å². The number of para-hydroxylation sites is 1. The van der Waals surface area contributed by atoms with E-state index in [1.165, 1.54) is 6.07 Å². The largest absolute Gasteiger partial charge is 0.481 e. The molecule has 104 valence electrons. The quantitative estimate of drug-likeness (QED) is 0.665. The van der Waals surface area contributed by atoms with E-state index in [1.54, 1.807) is 30.0 Å². The molecule has 1 aliphatic rings. The minimum atomic E-state index is -0.904. The second-order valence-corrected chi connectivity index (χ2v) is 4.71. The molecule has 0 aromatic heterocycles. The van der Waals surface area contributed by atoms with E-state index in [4.69, 9.17) is 10.4 Å². The topological polar surface area (TPSA) is 107 Å². The van der Waals surface area contributed by atoms with Crippen LogP contribution < -0.4 is 4.90 Å². The van der Waals surface area contributed by atoms with E-state index in [1.807, 2.05) is 0 Å². The molecule has 0 aliphatic carbocycles. The number of aliphatic carboxylic acids is 1. The van der Waals surface area contributed by atoms with Gasteiger partial charge in [0, 0.05) is 12.6 Å². The Bertz CT molecular complexity index is 608. The molecule has 0 amide bonds. The number of nitro groups is 1. The number of nitrogens with zero attached hydrogens (tertiary/aromatic N) is 3. The van der Waals surface area contributed by atoms with Gasteiger partial charge in [-0.25, -0.2) is 0 Å². The van der Waals surface area contributed by atoms with Crippen molar-refractivity contribution in [2.75, 3.05) is 11.4 Å². The number of benzene rings is 1. The van der Waals surface area contributed by atoms with Gasteiger partial charge < -0.3 is 10.0 Å². The first kappa shape index (κ1) is 13.8. The van der Waals surface area contributed by atoms with Crippen LogP contribution in [-0.2, 0) is 4.79 Å². The fourth-order valence-electron chi connectivity index (χ4n) is 2.66. The highest BCUT2D eigenvalue weighted by Crippen LogP contribution is 2.37. The summed E-state index contributed by atoms with van der Waals surface area (Å²) in [5.74, 6) is -1.46. The molecule has 2 atom stereocenters. The van der Waals surface area contributed by atoms with Crippen LogP contribution in [0.15, 0.2) is 18.2 Å². The molecule has 0 spiro atoms. The number of carbonyl (C=O) groups is 1. The second kappa shape index (κ2) is 5.17. The number of carboxylic acids is 1. The van der Waals surface area contributed by atoms with Gasteiger partial charge in [-0.15, -0.1) is 0 Å². The first-order valence-electron chi connectivity index (χ1n) is 6.14. The summed E-state index contributed by atoms with van der Waals surface area (Å²) in [4.78, 5) is 23.4. The van der Waals surface area contributed by atoms with Crippen LogP contribution in [0.5, 0.6) is 0 Å². The maximum absolute atomic E-state index is 11.2. The van der Waals surface area contributed by atoms with E-state index in [0.717, 1.165) is 0 Å². The van der Waals surface area contributed by atoms with Gasteiger partial charge in [-0.2, -0.15) is 5.26 Å². The van der Waals surface area contributed by atoms with Crippen molar-refractivity contribution in [2.24, 2.45) is 5.92 Å². The first-order valence-corrected chi connectivity index (χ1v) is 6.14. The van der Waals surface area contributed by atoms with Gasteiger partial charge in [0.15, 0.2) is 0 Å². The average molecular weight is 275 g/mol. The van der Waals surface area contributed by atoms with Gasteiger partial charge in [0.25, 0.3) is 0 Å². The molecule has 1 fully saturated rings. The van der Waals surface area contributed by atoms with Crippen molar-refractivity contribution in [1.82, 2.24) is 0 Å². The second-order valence-electron chi connectivity index (χ2n) is 4.71. The molecule has 0 saturated carbocycles. The van der Waals surface area contributed by atoms with E-state index in [9.17, 15) is 14.9 Å². The van der Waals surface area contributed by atoms with E-state index in [0.29, 0.717) is 18.7 Å². The van der Waals surface area contributed by atoms with Crippen molar-refractivity contribution in [3.8, 4) is 6.07 Å². The Morgan fingerprint density at radius 2 is 2.30 bits per heavy atom. The van der Waals surface area contributed by atoms with Gasteiger partial charge >= 0.3 is 11.7 Å². The summed E-state index contributed by atoms with van der Waals surface area (Å²) in [6.07, 6.45) is 0.435. The molecule has 1 N–H and O–H groups in total. The fraction of sp³-hybridized carbons (Fsp3) is 0.385. The number of carboxylic acid groups (broad SMARTS) is 1. The highest BCUT2D eigenvalue weighted by atomic mass is 16.6. The molecule has 2 unspecified atom stereocenters. The normalized spacial score (nSPS) is 21.5. The molecule has 7 heteroatoms. The number of rotatable bonds is 3. The lowest BCUT2D eigenvalue weighted by atomic mass is 10.0. The molecule has 7 nitrogen and oxygen atoms in total. The third-order valence-electron chi connectivity index (χ3n) is 3.70. The molecule has 0 bridgehead atoms. The molecule has 1 saturated heterocycles. The number of nitriles is 1. The van der Waals surface area contributed by atoms with Gasteiger partial charge in [0.2, 0.25) is 0 Å². The zero-order valence-corrected chi connectivity index (χ0v) is 10.8. The molecule has 1 aliphatic heterocycles. The zero-order valence-electron chi connectivity index (χ0n) is 10.8. The Morgan fingerprint density at radius 1 is 1.60 bits per heavy atom. The Balaban J connectivity index is 2.47. The number of hydrogen-bond acceptors (Lipinski definition) is 5. The third-order valence-corrected chi connectivity index (χ3v) is 3.70. The van der Waals surface area contributed by atoms with Crippen LogP contribution in [0.2, 0.25) is 0 Å². The van der Waals surface area contributed by atoms with Crippen molar-refractivity contribution in [3.63, 3.8) is 0 Å². The number of hydrogen-bond donors (Lipinski definition) is 1. The maximum atomic E-state index is 11.2. The molecule has 2 rings (SSSR count). The van der Waals surface area contributed by atoms with E-state index in [2.05, 4.69) is 0 Å².